The summed E-state index contributed by atoms with van der Waals surface area (Å²) < 4.78 is 4.98. The number of aromatic hydroxyl groups is 1. The molecule has 23 heavy (non-hydrogen) atoms. The fraction of sp³-hybridized carbons (Fsp3) is 0.211. The van der Waals surface area contributed by atoms with E-state index in [1.165, 1.54) is 18.7 Å². The molecular formula is C19H20O4. The summed E-state index contributed by atoms with van der Waals surface area (Å²) in [6, 6.07) is 14.8. The Morgan fingerprint density at radius 3 is 2.52 bits per heavy atom. The van der Waals surface area contributed by atoms with Crippen LogP contribution < -0.4 is 4.74 Å². The third-order valence-electron chi connectivity index (χ3n) is 3.57. The van der Waals surface area contributed by atoms with Crippen LogP contribution in [-0.2, 0) is 11.2 Å². The predicted octanol–water partition coefficient (Wildman–Crippen LogP) is 3.89. The number of carboxylic acids is 1. The van der Waals surface area contributed by atoms with Crippen LogP contribution in [0.2, 0.25) is 0 Å². The lowest BCUT2D eigenvalue weighted by Gasteiger charge is -2.06. The Balaban J connectivity index is 2.05. The Bertz CT molecular complexity index is 690. The molecule has 2 aromatic carbocycles. The molecule has 0 fully saturated rings. The zero-order chi connectivity index (χ0) is 16.7. The van der Waals surface area contributed by atoms with E-state index < -0.39 is 5.97 Å². The Kier molecular flexibility index (Phi) is 5.80. The van der Waals surface area contributed by atoms with Crippen molar-refractivity contribution in [3.05, 3.63) is 65.2 Å². The highest BCUT2D eigenvalue weighted by molar-refractivity contribution is 5.92. The van der Waals surface area contributed by atoms with Crippen molar-refractivity contribution in [1.82, 2.24) is 0 Å². The minimum Gasteiger partial charge on any atom is -0.504 e. The fourth-order valence-electron chi connectivity index (χ4n) is 2.37. The number of methoxy groups -OCH3 is 1. The number of carboxylic acid groups (broad SMARTS) is 1. The number of hydrogen-bond acceptors (Lipinski definition) is 3. The van der Waals surface area contributed by atoms with Crippen molar-refractivity contribution in [3.8, 4) is 11.5 Å². The van der Waals surface area contributed by atoms with Crippen LogP contribution in [0.5, 0.6) is 11.5 Å². The summed E-state index contributed by atoms with van der Waals surface area (Å²) in [5, 5.41) is 19.1. The van der Waals surface area contributed by atoms with E-state index in [0.29, 0.717) is 23.3 Å². The monoisotopic (exact) mass is 312 g/mol. The van der Waals surface area contributed by atoms with Crippen molar-refractivity contribution in [2.24, 2.45) is 0 Å². The first-order valence-electron chi connectivity index (χ1n) is 7.45. The second-order valence-electron chi connectivity index (χ2n) is 5.25. The SMILES string of the molecule is COc1ccc(/C=C(\CCCc2ccccc2)C(=O)O)cc1O. The molecule has 0 amide bonds. The number of ether oxygens (including phenoxy) is 1. The topological polar surface area (TPSA) is 66.8 Å². The molecule has 0 saturated heterocycles. The largest absolute Gasteiger partial charge is 0.504 e. The number of aryl methyl sites for hydroxylation is 1. The van der Waals surface area contributed by atoms with Gasteiger partial charge >= 0.3 is 5.97 Å². The summed E-state index contributed by atoms with van der Waals surface area (Å²) >= 11 is 0. The van der Waals surface area contributed by atoms with E-state index in [2.05, 4.69) is 0 Å². The fourth-order valence-corrected chi connectivity index (χ4v) is 2.37. The summed E-state index contributed by atoms with van der Waals surface area (Å²) in [4.78, 5) is 11.4. The van der Waals surface area contributed by atoms with Gasteiger partial charge in [-0.3, -0.25) is 0 Å². The van der Waals surface area contributed by atoms with Gasteiger partial charge in [-0.05, 0) is 48.6 Å². The highest BCUT2D eigenvalue weighted by Gasteiger charge is 2.09. The molecule has 0 radical (unpaired) electrons. The lowest BCUT2D eigenvalue weighted by molar-refractivity contribution is -0.132. The molecule has 0 aliphatic heterocycles. The normalized spacial score (nSPS) is 11.3. The van der Waals surface area contributed by atoms with Gasteiger partial charge in [-0.2, -0.15) is 0 Å². The van der Waals surface area contributed by atoms with E-state index in [-0.39, 0.29) is 5.75 Å². The van der Waals surface area contributed by atoms with Crippen LogP contribution in [0.1, 0.15) is 24.0 Å². The Labute approximate surface area is 135 Å². The summed E-state index contributed by atoms with van der Waals surface area (Å²) in [6.45, 7) is 0. The number of benzene rings is 2. The van der Waals surface area contributed by atoms with Gasteiger partial charge in [-0.25, -0.2) is 4.79 Å². The molecule has 2 aromatic rings. The zero-order valence-electron chi connectivity index (χ0n) is 13.0. The number of carbonyl (C=O) groups is 1. The first-order valence-corrected chi connectivity index (χ1v) is 7.45. The van der Waals surface area contributed by atoms with Crippen LogP contribution in [0.25, 0.3) is 6.08 Å². The minimum atomic E-state index is -0.937. The average molecular weight is 312 g/mol. The van der Waals surface area contributed by atoms with Crippen molar-refractivity contribution in [2.75, 3.05) is 7.11 Å². The second-order valence-corrected chi connectivity index (χ2v) is 5.25. The number of rotatable bonds is 7. The molecule has 0 saturated carbocycles. The smallest absolute Gasteiger partial charge is 0.331 e. The van der Waals surface area contributed by atoms with E-state index in [9.17, 15) is 15.0 Å². The van der Waals surface area contributed by atoms with Crippen molar-refractivity contribution in [1.29, 1.82) is 0 Å². The van der Waals surface area contributed by atoms with Crippen LogP contribution in [-0.4, -0.2) is 23.3 Å². The zero-order valence-corrected chi connectivity index (χ0v) is 13.0. The molecule has 0 unspecified atom stereocenters. The van der Waals surface area contributed by atoms with Gasteiger partial charge in [0.2, 0.25) is 0 Å². The van der Waals surface area contributed by atoms with Gasteiger partial charge in [-0.1, -0.05) is 36.4 Å². The van der Waals surface area contributed by atoms with Crippen LogP contribution in [0.15, 0.2) is 54.1 Å². The van der Waals surface area contributed by atoms with Gasteiger partial charge in [-0.15, -0.1) is 0 Å². The average Bonchev–Trinajstić information content (AvgIpc) is 2.55. The van der Waals surface area contributed by atoms with E-state index >= 15 is 0 Å². The van der Waals surface area contributed by atoms with Gasteiger partial charge < -0.3 is 14.9 Å². The van der Waals surface area contributed by atoms with E-state index in [1.807, 2.05) is 30.3 Å². The van der Waals surface area contributed by atoms with Crippen LogP contribution in [0, 0.1) is 0 Å². The molecule has 2 N–H and O–H groups in total. The molecule has 4 nitrogen and oxygen atoms in total. The summed E-state index contributed by atoms with van der Waals surface area (Å²) in [5.41, 5.74) is 2.16. The third kappa shape index (κ3) is 4.88. The molecule has 0 spiro atoms. The Hall–Kier alpha value is -2.75. The number of hydrogen-bond donors (Lipinski definition) is 2. The van der Waals surface area contributed by atoms with E-state index in [4.69, 9.17) is 4.74 Å². The van der Waals surface area contributed by atoms with Crippen molar-refractivity contribution >= 4 is 12.0 Å². The van der Waals surface area contributed by atoms with Gasteiger partial charge in [0, 0.05) is 5.57 Å². The quantitative estimate of drug-likeness (QED) is 0.761. The third-order valence-corrected chi connectivity index (χ3v) is 3.57. The second kappa shape index (κ2) is 8.03. The van der Waals surface area contributed by atoms with Gasteiger partial charge in [0.25, 0.3) is 0 Å². The molecule has 0 atom stereocenters. The van der Waals surface area contributed by atoms with Gasteiger partial charge in [0.15, 0.2) is 11.5 Å². The summed E-state index contributed by atoms with van der Waals surface area (Å²) in [7, 11) is 1.47. The van der Waals surface area contributed by atoms with E-state index in [0.717, 1.165) is 12.8 Å². The molecule has 0 aliphatic carbocycles. The van der Waals surface area contributed by atoms with Crippen molar-refractivity contribution in [3.63, 3.8) is 0 Å². The van der Waals surface area contributed by atoms with Crippen molar-refractivity contribution in [2.45, 2.75) is 19.3 Å². The Morgan fingerprint density at radius 2 is 1.91 bits per heavy atom. The highest BCUT2D eigenvalue weighted by atomic mass is 16.5. The molecule has 0 bridgehead atoms. The molecule has 4 heteroatoms. The van der Waals surface area contributed by atoms with Gasteiger partial charge in [0.1, 0.15) is 0 Å². The van der Waals surface area contributed by atoms with Crippen LogP contribution in [0.3, 0.4) is 0 Å². The standard InChI is InChI=1S/C19H20O4/c1-23-18-11-10-15(13-17(18)20)12-16(19(21)22)9-5-8-14-6-3-2-4-7-14/h2-4,6-7,10-13,20H,5,8-9H2,1H3,(H,21,22)/b16-12+. The molecular weight excluding hydrogens is 292 g/mol. The number of aliphatic carboxylic acids is 1. The van der Waals surface area contributed by atoms with Gasteiger partial charge in [0.05, 0.1) is 7.11 Å². The lowest BCUT2D eigenvalue weighted by Crippen LogP contribution is -2.01. The summed E-state index contributed by atoms with van der Waals surface area (Å²) in [5.74, 6) is -0.577. The minimum absolute atomic E-state index is 0.00438. The van der Waals surface area contributed by atoms with Crippen LogP contribution in [0.4, 0.5) is 0 Å². The maximum Gasteiger partial charge on any atom is 0.331 e. The molecule has 2 rings (SSSR count). The first kappa shape index (κ1) is 16.6. The molecule has 120 valence electrons. The lowest BCUT2D eigenvalue weighted by atomic mass is 10.0. The predicted molar refractivity (Wildman–Crippen MR) is 89.7 cm³/mol. The molecule has 0 aliphatic rings. The molecule has 0 aromatic heterocycles. The molecule has 0 heterocycles. The maximum atomic E-state index is 11.4. The Morgan fingerprint density at radius 1 is 1.17 bits per heavy atom. The van der Waals surface area contributed by atoms with Crippen LogP contribution >= 0.6 is 0 Å². The summed E-state index contributed by atoms with van der Waals surface area (Å²) in [6.07, 6.45) is 3.65. The number of phenols is 1. The highest BCUT2D eigenvalue weighted by Crippen LogP contribution is 2.27. The first-order chi connectivity index (χ1) is 11.1. The maximum absolute atomic E-state index is 11.4. The van der Waals surface area contributed by atoms with E-state index in [1.54, 1.807) is 18.2 Å². The number of phenolic OH excluding ortho intramolecular Hbond substituents is 1. The van der Waals surface area contributed by atoms with Crippen molar-refractivity contribution < 1.29 is 19.7 Å².